The van der Waals surface area contributed by atoms with Gasteiger partial charge in [0.25, 0.3) is 11.8 Å². The maximum absolute atomic E-state index is 12.4. The number of ether oxygens (including phenoxy) is 1. The molecule has 0 aliphatic carbocycles. The average molecular weight is 307 g/mol. The third-order valence-electron chi connectivity index (χ3n) is 3.83. The number of hydrogen-bond acceptors (Lipinski definition) is 3. The summed E-state index contributed by atoms with van der Waals surface area (Å²) in [6.45, 7) is 4.39. The van der Waals surface area contributed by atoms with E-state index in [1.54, 1.807) is 30.3 Å². The first-order valence-corrected chi connectivity index (χ1v) is 7.43. The maximum atomic E-state index is 12.4. The van der Waals surface area contributed by atoms with Gasteiger partial charge >= 0.3 is 0 Å². The Morgan fingerprint density at radius 1 is 0.957 bits per heavy atom. The third-order valence-corrected chi connectivity index (χ3v) is 3.83. The molecule has 0 N–H and O–H groups in total. The smallest absolute Gasteiger partial charge is 0.262 e. The Balaban J connectivity index is 1.69. The van der Waals surface area contributed by atoms with Gasteiger partial charge in [0.15, 0.2) is 0 Å². The van der Waals surface area contributed by atoms with E-state index in [-0.39, 0.29) is 18.4 Å². The van der Waals surface area contributed by atoms with E-state index in [2.05, 4.69) is 6.58 Å². The molecule has 2 aromatic rings. The minimum absolute atomic E-state index is 0.226. The van der Waals surface area contributed by atoms with Crippen LogP contribution in [0.2, 0.25) is 0 Å². The molecular formula is C19H17NO3. The maximum Gasteiger partial charge on any atom is 0.262 e. The molecule has 2 aromatic carbocycles. The highest BCUT2D eigenvalue weighted by Gasteiger charge is 2.38. The molecule has 0 fully saturated rings. The van der Waals surface area contributed by atoms with Crippen LogP contribution in [0.25, 0.3) is 0 Å². The zero-order valence-corrected chi connectivity index (χ0v) is 12.6. The largest absolute Gasteiger partial charge is 0.374 e. The van der Waals surface area contributed by atoms with E-state index in [0.717, 1.165) is 5.56 Å². The summed E-state index contributed by atoms with van der Waals surface area (Å²) in [6, 6.07) is 16.1. The van der Waals surface area contributed by atoms with Crippen molar-refractivity contribution in [1.82, 2.24) is 4.90 Å². The first-order valence-electron chi connectivity index (χ1n) is 7.43. The van der Waals surface area contributed by atoms with E-state index in [9.17, 15) is 9.59 Å². The van der Waals surface area contributed by atoms with E-state index >= 15 is 0 Å². The van der Waals surface area contributed by atoms with E-state index in [4.69, 9.17) is 4.74 Å². The molecule has 3 rings (SSSR count). The highest BCUT2D eigenvalue weighted by atomic mass is 16.5. The number of carbonyl (C=O) groups excluding carboxylic acids is 2. The summed E-state index contributed by atoms with van der Waals surface area (Å²) in [5.74, 6) is -0.586. The Morgan fingerprint density at radius 3 is 2.09 bits per heavy atom. The van der Waals surface area contributed by atoms with Crippen molar-refractivity contribution in [3.63, 3.8) is 0 Å². The van der Waals surface area contributed by atoms with Gasteiger partial charge in [-0.15, -0.1) is 6.58 Å². The molecule has 4 heteroatoms. The van der Waals surface area contributed by atoms with Crippen molar-refractivity contribution < 1.29 is 14.3 Å². The molecule has 1 atom stereocenters. The molecule has 23 heavy (non-hydrogen) atoms. The molecule has 0 spiro atoms. The van der Waals surface area contributed by atoms with E-state index < -0.39 is 6.04 Å². The van der Waals surface area contributed by atoms with Gasteiger partial charge in [-0.25, -0.2) is 0 Å². The molecule has 0 saturated heterocycles. The first kappa shape index (κ1) is 15.2. The van der Waals surface area contributed by atoms with Gasteiger partial charge in [-0.3, -0.25) is 14.5 Å². The van der Waals surface area contributed by atoms with Crippen molar-refractivity contribution >= 4 is 11.8 Å². The monoisotopic (exact) mass is 307 g/mol. The van der Waals surface area contributed by atoms with Crippen molar-refractivity contribution in [2.45, 2.75) is 12.6 Å². The molecule has 1 aliphatic heterocycles. The SMILES string of the molecule is C=CC(COCc1ccccc1)N1C(=O)c2ccccc2C1=O. The zero-order valence-electron chi connectivity index (χ0n) is 12.6. The van der Waals surface area contributed by atoms with Gasteiger partial charge in [-0.2, -0.15) is 0 Å². The fraction of sp³-hybridized carbons (Fsp3) is 0.158. The zero-order chi connectivity index (χ0) is 16.2. The molecule has 4 nitrogen and oxygen atoms in total. The highest BCUT2D eigenvalue weighted by Crippen LogP contribution is 2.25. The van der Waals surface area contributed by atoms with Crippen LogP contribution >= 0.6 is 0 Å². The van der Waals surface area contributed by atoms with Gasteiger partial charge in [0.1, 0.15) is 0 Å². The van der Waals surface area contributed by atoms with E-state index in [0.29, 0.717) is 17.7 Å². The number of carbonyl (C=O) groups is 2. The van der Waals surface area contributed by atoms with Crippen LogP contribution in [0.3, 0.4) is 0 Å². The molecule has 2 amide bonds. The minimum atomic E-state index is -0.480. The predicted molar refractivity (Wildman–Crippen MR) is 87.0 cm³/mol. The fourth-order valence-corrected chi connectivity index (χ4v) is 2.63. The molecule has 1 aliphatic rings. The number of rotatable bonds is 6. The molecule has 1 heterocycles. The Labute approximate surface area is 135 Å². The van der Waals surface area contributed by atoms with Gasteiger partial charge < -0.3 is 4.74 Å². The van der Waals surface area contributed by atoms with E-state index in [1.807, 2.05) is 30.3 Å². The lowest BCUT2D eigenvalue weighted by molar-refractivity contribution is 0.0444. The van der Waals surface area contributed by atoms with Crippen LogP contribution in [-0.2, 0) is 11.3 Å². The average Bonchev–Trinajstić information content (AvgIpc) is 2.85. The number of imide groups is 1. The van der Waals surface area contributed by atoms with Crippen LogP contribution in [-0.4, -0.2) is 29.4 Å². The standard InChI is InChI=1S/C19H17NO3/c1-2-15(13-23-12-14-8-4-3-5-9-14)20-18(21)16-10-6-7-11-17(16)19(20)22/h2-11,15H,1,12-13H2. The van der Waals surface area contributed by atoms with Gasteiger partial charge in [0, 0.05) is 0 Å². The summed E-state index contributed by atoms with van der Waals surface area (Å²) in [6.07, 6.45) is 1.58. The fourth-order valence-electron chi connectivity index (χ4n) is 2.63. The highest BCUT2D eigenvalue weighted by molar-refractivity contribution is 6.21. The molecule has 0 radical (unpaired) electrons. The molecule has 0 bridgehead atoms. The number of fused-ring (bicyclic) bond motifs is 1. The van der Waals surface area contributed by atoms with Crippen molar-refractivity contribution in [2.75, 3.05) is 6.61 Å². The van der Waals surface area contributed by atoms with Gasteiger partial charge in [0.05, 0.1) is 30.4 Å². The number of amides is 2. The molecule has 1 unspecified atom stereocenters. The second-order valence-electron chi connectivity index (χ2n) is 5.33. The van der Waals surface area contributed by atoms with Crippen molar-refractivity contribution in [2.24, 2.45) is 0 Å². The van der Waals surface area contributed by atoms with Gasteiger partial charge in [-0.05, 0) is 17.7 Å². The Hall–Kier alpha value is -2.72. The van der Waals surface area contributed by atoms with Crippen LogP contribution in [0, 0.1) is 0 Å². The topological polar surface area (TPSA) is 46.6 Å². The van der Waals surface area contributed by atoms with Crippen LogP contribution in [0.15, 0.2) is 67.3 Å². The summed E-state index contributed by atoms with van der Waals surface area (Å²) < 4.78 is 5.66. The minimum Gasteiger partial charge on any atom is -0.374 e. The normalized spacial score (nSPS) is 14.7. The summed E-state index contributed by atoms with van der Waals surface area (Å²) >= 11 is 0. The molecule has 0 aromatic heterocycles. The van der Waals surface area contributed by atoms with Crippen LogP contribution < -0.4 is 0 Å². The summed E-state index contributed by atoms with van der Waals surface area (Å²) in [7, 11) is 0. The predicted octanol–water partition coefficient (Wildman–Crippen LogP) is 3.05. The summed E-state index contributed by atoms with van der Waals surface area (Å²) in [4.78, 5) is 26.1. The van der Waals surface area contributed by atoms with Crippen molar-refractivity contribution in [3.8, 4) is 0 Å². The second kappa shape index (κ2) is 6.58. The lowest BCUT2D eigenvalue weighted by atomic mass is 10.1. The number of nitrogens with zero attached hydrogens (tertiary/aromatic N) is 1. The van der Waals surface area contributed by atoms with Crippen LogP contribution in [0.1, 0.15) is 26.3 Å². The molecular weight excluding hydrogens is 290 g/mol. The lowest BCUT2D eigenvalue weighted by Gasteiger charge is -2.23. The molecule has 116 valence electrons. The summed E-state index contributed by atoms with van der Waals surface area (Å²) in [5, 5.41) is 0. The quantitative estimate of drug-likeness (QED) is 0.609. The van der Waals surface area contributed by atoms with Crippen LogP contribution in [0.4, 0.5) is 0 Å². The van der Waals surface area contributed by atoms with Gasteiger partial charge in [0.2, 0.25) is 0 Å². The number of hydrogen-bond donors (Lipinski definition) is 0. The van der Waals surface area contributed by atoms with E-state index in [1.165, 1.54) is 4.90 Å². The van der Waals surface area contributed by atoms with Gasteiger partial charge in [-0.1, -0.05) is 48.5 Å². The third kappa shape index (κ3) is 2.94. The van der Waals surface area contributed by atoms with Crippen molar-refractivity contribution in [3.05, 3.63) is 83.9 Å². The van der Waals surface area contributed by atoms with Crippen molar-refractivity contribution in [1.29, 1.82) is 0 Å². The lowest BCUT2D eigenvalue weighted by Crippen LogP contribution is -2.41. The Bertz CT molecular complexity index is 704. The Kier molecular flexibility index (Phi) is 4.35. The Morgan fingerprint density at radius 2 is 1.52 bits per heavy atom. The molecule has 0 saturated carbocycles. The second-order valence-corrected chi connectivity index (χ2v) is 5.33. The summed E-state index contributed by atoms with van der Waals surface area (Å²) in [5.41, 5.74) is 1.91. The first-order chi connectivity index (χ1) is 11.2. The number of benzene rings is 2. The van der Waals surface area contributed by atoms with Crippen LogP contribution in [0.5, 0.6) is 0 Å².